The van der Waals surface area contributed by atoms with Crippen molar-refractivity contribution in [1.82, 2.24) is 5.32 Å². The minimum atomic E-state index is -1.04. The van der Waals surface area contributed by atoms with Gasteiger partial charge in [0.25, 0.3) is 0 Å². The van der Waals surface area contributed by atoms with Gasteiger partial charge < -0.3 is 16.2 Å². The largest absolute Gasteiger partial charge is 0.382 e. The molecule has 0 aliphatic heterocycles. The fourth-order valence-corrected chi connectivity index (χ4v) is 1.45. The number of rotatable bonds is 4. The van der Waals surface area contributed by atoms with Crippen LogP contribution < -0.4 is 11.1 Å². The van der Waals surface area contributed by atoms with Crippen LogP contribution in [0.4, 0.5) is 0 Å². The number of amides is 1. The van der Waals surface area contributed by atoms with Crippen LogP contribution in [0.15, 0.2) is 0 Å². The first-order chi connectivity index (χ1) is 5.59. The summed E-state index contributed by atoms with van der Waals surface area (Å²) in [6.07, 6.45) is 1.22. The molecule has 1 unspecified atom stereocenters. The van der Waals surface area contributed by atoms with Gasteiger partial charge in [0.1, 0.15) is 6.10 Å². The van der Waals surface area contributed by atoms with Crippen LogP contribution in [0.25, 0.3) is 0 Å². The number of hydrogen-bond donors (Lipinski definition) is 3. The monoisotopic (exact) mass is 172 g/mol. The molecule has 4 nitrogen and oxygen atoms in total. The number of carbonyl (C=O) groups excluding carboxylic acids is 1. The summed E-state index contributed by atoms with van der Waals surface area (Å²) in [5.74, 6) is 0.114. The Morgan fingerprint density at radius 2 is 2.33 bits per heavy atom. The summed E-state index contributed by atoms with van der Waals surface area (Å²) in [6, 6.07) is 0.467. The SMILES string of the molecule is CC1CC(NCC(O)C(N)=O)C1. The van der Waals surface area contributed by atoms with Crippen molar-refractivity contribution in [2.75, 3.05) is 6.54 Å². The highest BCUT2D eigenvalue weighted by molar-refractivity contribution is 5.78. The zero-order valence-corrected chi connectivity index (χ0v) is 7.29. The molecule has 70 valence electrons. The van der Waals surface area contributed by atoms with Gasteiger partial charge in [0.2, 0.25) is 5.91 Å². The fourth-order valence-electron chi connectivity index (χ4n) is 1.45. The second kappa shape index (κ2) is 3.87. The number of aliphatic hydroxyl groups is 1. The lowest BCUT2D eigenvalue weighted by molar-refractivity contribution is -0.125. The van der Waals surface area contributed by atoms with E-state index >= 15 is 0 Å². The van der Waals surface area contributed by atoms with Crippen LogP contribution in [0.1, 0.15) is 19.8 Å². The molecule has 1 atom stereocenters. The van der Waals surface area contributed by atoms with E-state index in [4.69, 9.17) is 10.8 Å². The Balaban J connectivity index is 2.06. The highest BCUT2D eigenvalue weighted by atomic mass is 16.3. The second-order valence-electron chi connectivity index (χ2n) is 3.60. The number of nitrogens with one attached hydrogen (secondary N) is 1. The van der Waals surface area contributed by atoms with E-state index in [2.05, 4.69) is 12.2 Å². The number of nitrogens with two attached hydrogens (primary N) is 1. The zero-order valence-electron chi connectivity index (χ0n) is 7.29. The molecular weight excluding hydrogens is 156 g/mol. The normalized spacial score (nSPS) is 30.8. The van der Waals surface area contributed by atoms with Crippen molar-refractivity contribution < 1.29 is 9.90 Å². The van der Waals surface area contributed by atoms with Crippen molar-refractivity contribution in [1.29, 1.82) is 0 Å². The Hall–Kier alpha value is -0.610. The molecule has 0 aromatic rings. The average molecular weight is 172 g/mol. The maximum absolute atomic E-state index is 10.4. The van der Waals surface area contributed by atoms with Gasteiger partial charge >= 0.3 is 0 Å². The van der Waals surface area contributed by atoms with Crippen molar-refractivity contribution in [2.45, 2.75) is 31.9 Å². The molecule has 1 aliphatic rings. The minimum Gasteiger partial charge on any atom is -0.382 e. The van der Waals surface area contributed by atoms with Gasteiger partial charge in [0.05, 0.1) is 0 Å². The smallest absolute Gasteiger partial charge is 0.247 e. The van der Waals surface area contributed by atoms with E-state index in [1.807, 2.05) is 0 Å². The molecule has 1 amide bonds. The van der Waals surface area contributed by atoms with Crippen molar-refractivity contribution >= 4 is 5.91 Å². The van der Waals surface area contributed by atoms with Gasteiger partial charge in [0.15, 0.2) is 0 Å². The van der Waals surface area contributed by atoms with Crippen LogP contribution in [0.2, 0.25) is 0 Å². The van der Waals surface area contributed by atoms with E-state index in [1.54, 1.807) is 0 Å². The molecule has 0 heterocycles. The minimum absolute atomic E-state index is 0.284. The number of carbonyl (C=O) groups is 1. The summed E-state index contributed by atoms with van der Waals surface area (Å²) in [5.41, 5.74) is 4.88. The zero-order chi connectivity index (χ0) is 9.14. The maximum Gasteiger partial charge on any atom is 0.247 e. The predicted octanol–water partition coefficient (Wildman–Crippen LogP) is -0.779. The highest BCUT2D eigenvalue weighted by Crippen LogP contribution is 2.25. The summed E-state index contributed by atoms with van der Waals surface area (Å²) in [5, 5.41) is 12.1. The van der Waals surface area contributed by atoms with Crippen LogP contribution in [0.5, 0.6) is 0 Å². The van der Waals surface area contributed by atoms with E-state index in [9.17, 15) is 4.79 Å². The lowest BCUT2D eigenvalue weighted by atomic mass is 9.82. The first-order valence-corrected chi connectivity index (χ1v) is 4.30. The molecule has 0 bridgehead atoms. The lowest BCUT2D eigenvalue weighted by Crippen LogP contribution is -2.46. The van der Waals surface area contributed by atoms with Crippen LogP contribution in [-0.2, 0) is 4.79 Å². The predicted molar refractivity (Wildman–Crippen MR) is 45.4 cm³/mol. The molecule has 0 saturated heterocycles. The number of aliphatic hydroxyl groups excluding tert-OH is 1. The average Bonchev–Trinajstić information content (AvgIpc) is 1.95. The van der Waals surface area contributed by atoms with Gasteiger partial charge in [-0.2, -0.15) is 0 Å². The van der Waals surface area contributed by atoms with Crippen molar-refractivity contribution in [2.24, 2.45) is 11.7 Å². The third-order valence-corrected chi connectivity index (χ3v) is 2.30. The Bertz CT molecular complexity index is 166. The van der Waals surface area contributed by atoms with Crippen molar-refractivity contribution in [3.63, 3.8) is 0 Å². The van der Waals surface area contributed by atoms with Gasteiger partial charge in [-0.3, -0.25) is 4.79 Å². The molecule has 0 aromatic heterocycles. The first kappa shape index (κ1) is 9.48. The molecule has 1 fully saturated rings. The summed E-state index contributed by atoms with van der Waals surface area (Å²) >= 11 is 0. The molecule has 1 rings (SSSR count). The van der Waals surface area contributed by atoms with Gasteiger partial charge in [-0.15, -0.1) is 0 Å². The van der Waals surface area contributed by atoms with E-state index in [1.165, 1.54) is 0 Å². The molecular formula is C8H16N2O2. The summed E-state index contributed by atoms with van der Waals surface area (Å²) in [7, 11) is 0. The molecule has 0 radical (unpaired) electrons. The van der Waals surface area contributed by atoms with E-state index < -0.39 is 12.0 Å². The lowest BCUT2D eigenvalue weighted by Gasteiger charge is -2.33. The topological polar surface area (TPSA) is 75.3 Å². The molecule has 0 aromatic carbocycles. The number of primary amides is 1. The van der Waals surface area contributed by atoms with Crippen LogP contribution in [0, 0.1) is 5.92 Å². The van der Waals surface area contributed by atoms with Crippen LogP contribution in [0.3, 0.4) is 0 Å². The molecule has 4 heteroatoms. The van der Waals surface area contributed by atoms with Crippen LogP contribution >= 0.6 is 0 Å². The molecule has 4 N–H and O–H groups in total. The molecule has 0 spiro atoms. The maximum atomic E-state index is 10.4. The van der Waals surface area contributed by atoms with E-state index in [0.717, 1.165) is 18.8 Å². The summed E-state index contributed by atoms with van der Waals surface area (Å²) in [6.45, 7) is 2.47. The molecule has 1 saturated carbocycles. The summed E-state index contributed by atoms with van der Waals surface area (Å²) in [4.78, 5) is 10.4. The van der Waals surface area contributed by atoms with Crippen LogP contribution in [-0.4, -0.2) is 29.7 Å². The van der Waals surface area contributed by atoms with E-state index in [-0.39, 0.29) is 6.54 Å². The van der Waals surface area contributed by atoms with Crippen molar-refractivity contribution in [3.8, 4) is 0 Å². The van der Waals surface area contributed by atoms with Crippen molar-refractivity contribution in [3.05, 3.63) is 0 Å². The Morgan fingerprint density at radius 1 is 1.75 bits per heavy atom. The Labute approximate surface area is 72.1 Å². The van der Waals surface area contributed by atoms with Gasteiger partial charge in [-0.1, -0.05) is 6.92 Å². The third-order valence-electron chi connectivity index (χ3n) is 2.30. The Morgan fingerprint density at radius 3 is 2.75 bits per heavy atom. The van der Waals surface area contributed by atoms with E-state index in [0.29, 0.717) is 6.04 Å². The Kier molecular flexibility index (Phi) is 3.05. The second-order valence-corrected chi connectivity index (χ2v) is 3.60. The van der Waals surface area contributed by atoms with Gasteiger partial charge in [-0.05, 0) is 18.8 Å². The molecule has 1 aliphatic carbocycles. The third kappa shape index (κ3) is 2.46. The standard InChI is InChI=1S/C8H16N2O2/c1-5-2-6(3-5)10-4-7(11)8(9)12/h5-7,10-11H,2-4H2,1H3,(H2,9,12). The number of hydrogen-bond acceptors (Lipinski definition) is 3. The first-order valence-electron chi connectivity index (χ1n) is 4.30. The summed E-state index contributed by atoms with van der Waals surface area (Å²) < 4.78 is 0. The van der Waals surface area contributed by atoms with Gasteiger partial charge in [-0.25, -0.2) is 0 Å². The fraction of sp³-hybridized carbons (Fsp3) is 0.875. The highest BCUT2D eigenvalue weighted by Gasteiger charge is 2.25. The quantitative estimate of drug-likeness (QED) is 0.520. The van der Waals surface area contributed by atoms with Gasteiger partial charge in [0, 0.05) is 12.6 Å². The molecule has 12 heavy (non-hydrogen) atoms.